The molecule has 3 fully saturated rings. The van der Waals surface area contributed by atoms with Crippen LogP contribution in [0.4, 0.5) is 22.7 Å². The molecule has 20 nitrogen and oxygen atoms in total. The number of ketones is 2. The summed E-state index contributed by atoms with van der Waals surface area (Å²) in [6, 6.07) is 37.5. The van der Waals surface area contributed by atoms with Crippen molar-refractivity contribution in [3.05, 3.63) is 169 Å². The second-order valence-corrected chi connectivity index (χ2v) is 31.2. The Kier molecular flexibility index (Phi) is 30.5. The summed E-state index contributed by atoms with van der Waals surface area (Å²) >= 11 is 35.6. The average molecular weight is 1470 g/mol. The van der Waals surface area contributed by atoms with Crippen LogP contribution >= 0.6 is 69.6 Å². The lowest BCUT2D eigenvalue weighted by Crippen LogP contribution is -2.44. The Morgan fingerprint density at radius 1 is 0.436 bits per heavy atom. The Balaban J connectivity index is 0.000000208. The van der Waals surface area contributed by atoms with Gasteiger partial charge in [-0.15, -0.1) is 0 Å². The summed E-state index contributed by atoms with van der Waals surface area (Å²) in [5.41, 5.74) is 11.9. The number of sulfonamides is 3. The van der Waals surface area contributed by atoms with Gasteiger partial charge in [-0.1, -0.05) is 112 Å². The summed E-state index contributed by atoms with van der Waals surface area (Å²) in [7, 11) is -0.760. The number of halogens is 6. The molecule has 0 unspecified atom stereocenters. The van der Waals surface area contributed by atoms with E-state index < -0.39 is 30.1 Å². The van der Waals surface area contributed by atoms with Crippen molar-refractivity contribution in [3.8, 4) is 0 Å². The van der Waals surface area contributed by atoms with Crippen LogP contribution in [0.3, 0.4) is 0 Å². The lowest BCUT2D eigenvalue weighted by molar-refractivity contribution is -0.128. The molecule has 0 spiro atoms. The molecule has 6 aromatic carbocycles. The number of nitrogens with two attached hydrogens (primary N) is 1. The van der Waals surface area contributed by atoms with Crippen molar-refractivity contribution in [2.45, 2.75) is 40.4 Å². The Labute approximate surface area is 584 Å². The SMILES string of the molecule is CN(CCOC=O)S(=O)(=O)c1cccc(Cl)c1Cl.CN1CCN(c2ccc(CC(=O)CCN(C)S(=O)(=O)c3cccc(Cl)c3Cl)cc2)CC1.CN1CCN(c2ccc(CC(=O)CCN(C)S(=O)(=O)c3cccc(Cl)c3Cl)cc2)CC1.CN1CCN(c2ccc(N)cc2)CC1. The van der Waals surface area contributed by atoms with Gasteiger partial charge in [-0.25, -0.2) is 33.9 Å². The number of piperazine rings is 3. The van der Waals surface area contributed by atoms with E-state index in [2.05, 4.69) is 67.4 Å². The molecule has 0 bridgehead atoms. The number of hydrogen-bond acceptors (Lipinski definition) is 17. The Morgan fingerprint density at radius 2 is 0.713 bits per heavy atom. The first kappa shape index (κ1) is 77.7. The van der Waals surface area contributed by atoms with Gasteiger partial charge in [0, 0.05) is 168 Å². The van der Waals surface area contributed by atoms with Crippen molar-refractivity contribution in [3.63, 3.8) is 0 Å². The maximum Gasteiger partial charge on any atom is 0.293 e. The zero-order valence-electron chi connectivity index (χ0n) is 53.5. The second kappa shape index (κ2) is 36.9. The molecule has 0 radical (unpaired) electrons. The minimum atomic E-state index is -3.83. The fourth-order valence-corrected chi connectivity index (χ4v) is 15.6. The Bertz CT molecular complexity index is 3640. The quantitative estimate of drug-likeness (QED) is 0.0358. The Morgan fingerprint density at radius 3 is 1.00 bits per heavy atom. The molecular weight excluding hydrogens is 1390 g/mol. The lowest BCUT2D eigenvalue weighted by Gasteiger charge is -2.34. The maximum absolute atomic E-state index is 12.7. The van der Waals surface area contributed by atoms with Gasteiger partial charge in [-0.2, -0.15) is 4.31 Å². The van der Waals surface area contributed by atoms with Gasteiger partial charge in [0.1, 0.15) is 32.9 Å². The van der Waals surface area contributed by atoms with E-state index in [1.54, 1.807) is 0 Å². The van der Waals surface area contributed by atoms with Gasteiger partial charge in [0.2, 0.25) is 30.1 Å². The van der Waals surface area contributed by atoms with Crippen LogP contribution in [0.5, 0.6) is 0 Å². The predicted octanol–water partition coefficient (Wildman–Crippen LogP) is 9.94. The van der Waals surface area contributed by atoms with Crippen LogP contribution in [0, 0.1) is 0 Å². The summed E-state index contributed by atoms with van der Waals surface area (Å²) in [5, 5.41) is 0.461. The number of nitrogen functional groups attached to an aromatic ring is 1. The summed E-state index contributed by atoms with van der Waals surface area (Å²) in [5.74, 6) is -0.0434. The van der Waals surface area contributed by atoms with Crippen molar-refractivity contribution in [2.75, 3.05) is 167 Å². The van der Waals surface area contributed by atoms with Crippen molar-refractivity contribution in [1.82, 2.24) is 27.6 Å². The van der Waals surface area contributed by atoms with E-state index >= 15 is 0 Å². The summed E-state index contributed by atoms with van der Waals surface area (Å²) in [4.78, 5) is 48.7. The number of rotatable bonds is 23. The predicted molar refractivity (Wildman–Crippen MR) is 380 cm³/mol. The lowest BCUT2D eigenvalue weighted by atomic mass is 10.1. The Hall–Kier alpha value is -5.32. The molecule has 29 heteroatoms. The number of Topliss-reactive ketones (excluding diaryl/α,β-unsaturated/α-hetero) is 2. The van der Waals surface area contributed by atoms with Gasteiger partial charge < -0.3 is 39.9 Å². The van der Waals surface area contributed by atoms with Crippen molar-refractivity contribution in [1.29, 1.82) is 0 Å². The van der Waals surface area contributed by atoms with Crippen LogP contribution in [0.15, 0.2) is 142 Å². The van der Waals surface area contributed by atoms with Crippen LogP contribution in [0.2, 0.25) is 30.1 Å². The molecule has 6 aromatic rings. The summed E-state index contributed by atoms with van der Waals surface area (Å²) in [6.07, 6.45) is 0.784. The number of nitrogens with zero attached hydrogens (tertiary/aromatic N) is 9. The normalized spacial score (nSPS) is 15.2. The molecule has 3 saturated heterocycles. The molecule has 3 aliphatic rings. The van der Waals surface area contributed by atoms with Crippen molar-refractivity contribution < 1.29 is 44.4 Å². The smallest absolute Gasteiger partial charge is 0.293 e. The van der Waals surface area contributed by atoms with Crippen LogP contribution in [-0.2, 0) is 62.0 Å². The van der Waals surface area contributed by atoms with E-state index in [-0.39, 0.29) is 115 Å². The molecule has 0 amide bonds. The highest BCUT2D eigenvalue weighted by Crippen LogP contribution is 2.33. The number of hydrogen-bond donors (Lipinski definition) is 1. The molecule has 512 valence electrons. The molecule has 9 rings (SSSR count). The highest BCUT2D eigenvalue weighted by molar-refractivity contribution is 7.89. The molecular formula is C65H82Cl6N10O10S3. The fourth-order valence-electron chi connectivity index (χ4n) is 9.87. The van der Waals surface area contributed by atoms with Crippen molar-refractivity contribution >= 4 is 140 Å². The van der Waals surface area contributed by atoms with Gasteiger partial charge in [-0.3, -0.25) is 14.4 Å². The minimum Gasteiger partial charge on any atom is -0.466 e. The first-order valence-electron chi connectivity index (χ1n) is 30.2. The van der Waals surface area contributed by atoms with E-state index in [1.165, 1.54) is 81.4 Å². The highest BCUT2D eigenvalue weighted by Gasteiger charge is 2.28. The molecule has 3 heterocycles. The van der Waals surface area contributed by atoms with Gasteiger partial charge in [0.15, 0.2) is 0 Å². The van der Waals surface area contributed by atoms with Gasteiger partial charge >= 0.3 is 0 Å². The number of anilines is 4. The molecule has 0 saturated carbocycles. The largest absolute Gasteiger partial charge is 0.466 e. The number of likely N-dealkylation sites (N-methyl/N-ethyl adjacent to an activating group) is 4. The zero-order valence-corrected chi connectivity index (χ0v) is 60.5. The third-order valence-corrected chi connectivity index (χ3v) is 24.5. The minimum absolute atomic E-state index is 0.0113. The van der Waals surface area contributed by atoms with Crippen LogP contribution in [-0.4, -0.2) is 218 Å². The van der Waals surface area contributed by atoms with Crippen LogP contribution < -0.4 is 20.4 Å². The van der Waals surface area contributed by atoms with Crippen LogP contribution in [0.25, 0.3) is 0 Å². The number of carbonyl (C=O) groups excluding carboxylic acids is 3. The molecule has 0 atom stereocenters. The third-order valence-electron chi connectivity index (χ3n) is 16.0. The van der Waals surface area contributed by atoms with Crippen molar-refractivity contribution in [2.24, 2.45) is 0 Å². The van der Waals surface area contributed by atoms with E-state index in [9.17, 15) is 39.6 Å². The van der Waals surface area contributed by atoms with Crippen LogP contribution in [0.1, 0.15) is 24.0 Å². The molecule has 94 heavy (non-hydrogen) atoms. The first-order valence-corrected chi connectivity index (χ1v) is 36.8. The summed E-state index contributed by atoms with van der Waals surface area (Å²) in [6.45, 7) is 13.0. The first-order chi connectivity index (χ1) is 44.5. The third kappa shape index (κ3) is 22.6. The number of benzene rings is 6. The molecule has 2 N–H and O–H groups in total. The number of ether oxygens (including phenoxy) is 1. The topological polar surface area (TPSA) is 218 Å². The van der Waals surface area contributed by atoms with E-state index in [1.807, 2.05) is 60.7 Å². The van der Waals surface area contributed by atoms with E-state index in [0.717, 1.165) is 120 Å². The second-order valence-electron chi connectivity index (χ2n) is 22.8. The zero-order chi connectivity index (χ0) is 68.9. The van der Waals surface area contributed by atoms with Gasteiger partial charge in [0.25, 0.3) is 6.47 Å². The maximum atomic E-state index is 12.7. The fraction of sp³-hybridized carbons (Fsp3) is 0.400. The monoisotopic (exact) mass is 1470 g/mol. The van der Waals surface area contributed by atoms with Gasteiger partial charge in [0.05, 0.1) is 30.1 Å². The molecule has 0 aromatic heterocycles. The standard InChI is InChI=1S/2C22H27Cl2N3O3S.C11H17N3.C10H11Cl2NO4S/c2*1-25-12-14-27(15-13-25)18-8-6-17(7-9-18)16-19(28)10-11-26(2)31(29,30)21-5-3-4-20(23)22(21)24;1-13-6-8-14(9-7-13)11-4-2-10(12)3-5-11;1-13(5-6-17-7-14)18(15,16)9-4-2-3-8(11)10(9)12/h2*3-9H,10-16H2,1-2H3;2-5H,6-9,12H2,1H3;2-4,7H,5-6H2,1H3. The van der Waals surface area contributed by atoms with E-state index in [4.69, 9.17) is 75.3 Å². The van der Waals surface area contributed by atoms with E-state index in [0.29, 0.717) is 0 Å². The summed E-state index contributed by atoms with van der Waals surface area (Å²) < 4.78 is 83.0. The molecule has 0 aliphatic carbocycles. The molecule has 3 aliphatic heterocycles. The highest BCUT2D eigenvalue weighted by atomic mass is 35.5. The average Bonchev–Trinajstić information content (AvgIpc) is 0.833. The number of carbonyl (C=O) groups is 3. The van der Waals surface area contributed by atoms with Gasteiger partial charge in [-0.05, 0) is 117 Å².